The normalized spacial score (nSPS) is 42.4. The number of esters is 1. The summed E-state index contributed by atoms with van der Waals surface area (Å²) in [6, 6.07) is 0. The highest BCUT2D eigenvalue weighted by molar-refractivity contribution is 5.80. The van der Waals surface area contributed by atoms with Crippen molar-refractivity contribution in [3.8, 4) is 0 Å². The van der Waals surface area contributed by atoms with E-state index in [0.29, 0.717) is 11.8 Å². The molecule has 0 amide bonds. The molecule has 0 aromatic carbocycles. The fraction of sp³-hybridized carbons (Fsp3) is 0.929. The second kappa shape index (κ2) is 4.97. The Morgan fingerprint density at radius 3 is 2.41 bits per heavy atom. The van der Waals surface area contributed by atoms with Gasteiger partial charge in [-0.2, -0.15) is 0 Å². The Hall–Kier alpha value is -0.570. The van der Waals surface area contributed by atoms with Gasteiger partial charge in [-0.1, -0.05) is 13.8 Å². The predicted octanol–water partition coefficient (Wildman–Crippen LogP) is 2.50. The van der Waals surface area contributed by atoms with E-state index in [4.69, 9.17) is 4.74 Å². The van der Waals surface area contributed by atoms with Crippen LogP contribution < -0.4 is 5.32 Å². The van der Waals surface area contributed by atoms with Gasteiger partial charge in [-0.25, -0.2) is 0 Å². The minimum Gasteiger partial charge on any atom is -0.461 e. The van der Waals surface area contributed by atoms with E-state index in [1.165, 1.54) is 6.42 Å². The predicted molar refractivity (Wildman–Crippen MR) is 67.7 cm³/mol. The number of ether oxygens (including phenoxy) is 1. The van der Waals surface area contributed by atoms with Crippen molar-refractivity contribution >= 4 is 5.97 Å². The van der Waals surface area contributed by atoms with Crippen molar-refractivity contribution in [1.29, 1.82) is 0 Å². The molecule has 0 aromatic heterocycles. The summed E-state index contributed by atoms with van der Waals surface area (Å²) in [5.74, 6) is 1.32. The second-order valence-electron chi connectivity index (χ2n) is 6.31. The van der Waals surface area contributed by atoms with Gasteiger partial charge in [0.15, 0.2) is 0 Å². The molecule has 98 valence electrons. The minimum absolute atomic E-state index is 0.0405. The second-order valence-corrected chi connectivity index (χ2v) is 6.31. The Kier molecular flexibility index (Phi) is 3.76. The van der Waals surface area contributed by atoms with Crippen molar-refractivity contribution in [1.82, 2.24) is 5.32 Å². The molecule has 3 atom stereocenters. The van der Waals surface area contributed by atoms with E-state index in [1.54, 1.807) is 0 Å². The molecule has 2 rings (SSSR count). The highest BCUT2D eigenvalue weighted by Gasteiger charge is 2.39. The summed E-state index contributed by atoms with van der Waals surface area (Å²) in [6.45, 7) is 7.42. The van der Waals surface area contributed by atoms with Gasteiger partial charge in [0.2, 0.25) is 0 Å². The summed E-state index contributed by atoms with van der Waals surface area (Å²) in [5, 5.41) is 3.27. The van der Waals surface area contributed by atoms with Crippen molar-refractivity contribution in [2.75, 3.05) is 6.54 Å². The summed E-state index contributed by atoms with van der Waals surface area (Å²) in [4.78, 5) is 12.2. The number of carbonyl (C=O) groups excluding carboxylic acids is 1. The maximum atomic E-state index is 12.2. The van der Waals surface area contributed by atoms with E-state index in [-0.39, 0.29) is 12.1 Å². The molecule has 1 saturated heterocycles. The number of nitrogens with one attached hydrogen (secondary N) is 1. The van der Waals surface area contributed by atoms with Crippen LogP contribution in [0, 0.1) is 11.8 Å². The van der Waals surface area contributed by atoms with Crippen LogP contribution in [0.3, 0.4) is 0 Å². The molecular weight excluding hydrogens is 214 g/mol. The van der Waals surface area contributed by atoms with Crippen LogP contribution in [-0.2, 0) is 9.53 Å². The zero-order chi connectivity index (χ0) is 12.5. The summed E-state index contributed by atoms with van der Waals surface area (Å²) in [6.07, 6.45) is 5.45. The van der Waals surface area contributed by atoms with E-state index in [0.717, 1.165) is 32.2 Å². The van der Waals surface area contributed by atoms with Crippen LogP contribution in [0.1, 0.15) is 52.9 Å². The number of carbonyl (C=O) groups is 1. The zero-order valence-corrected chi connectivity index (χ0v) is 11.3. The summed E-state index contributed by atoms with van der Waals surface area (Å²) < 4.78 is 5.72. The average molecular weight is 239 g/mol. The Bertz CT molecular complexity index is 274. The van der Waals surface area contributed by atoms with Crippen LogP contribution in [0.5, 0.6) is 0 Å². The first-order chi connectivity index (χ1) is 7.99. The van der Waals surface area contributed by atoms with Crippen LogP contribution in [-0.4, -0.2) is 24.2 Å². The molecule has 0 bridgehead atoms. The van der Waals surface area contributed by atoms with Gasteiger partial charge in [0, 0.05) is 0 Å². The maximum absolute atomic E-state index is 12.2. The van der Waals surface area contributed by atoms with Crippen LogP contribution in [0.15, 0.2) is 0 Å². The largest absolute Gasteiger partial charge is 0.461 e. The Morgan fingerprint density at radius 1 is 1.24 bits per heavy atom. The van der Waals surface area contributed by atoms with Crippen molar-refractivity contribution in [2.45, 2.75) is 64.5 Å². The van der Waals surface area contributed by atoms with Gasteiger partial charge in [-0.05, 0) is 57.4 Å². The molecule has 1 aliphatic heterocycles. The number of hydrogen-bond acceptors (Lipinski definition) is 3. The summed E-state index contributed by atoms with van der Waals surface area (Å²) in [7, 11) is 0. The highest BCUT2D eigenvalue weighted by Crippen LogP contribution is 2.31. The van der Waals surface area contributed by atoms with Crippen LogP contribution in [0.25, 0.3) is 0 Å². The molecule has 3 unspecified atom stereocenters. The van der Waals surface area contributed by atoms with Crippen molar-refractivity contribution in [3.05, 3.63) is 0 Å². The SMILES string of the molecule is CC1CC(C)CC(OC(=O)C2(C)CCCN2)C1. The number of rotatable bonds is 2. The molecule has 0 spiro atoms. The first-order valence-electron chi connectivity index (χ1n) is 6.96. The first-order valence-corrected chi connectivity index (χ1v) is 6.96. The molecule has 1 heterocycles. The summed E-state index contributed by atoms with van der Waals surface area (Å²) in [5.41, 5.74) is -0.427. The van der Waals surface area contributed by atoms with Crippen LogP contribution in [0.4, 0.5) is 0 Å². The number of hydrogen-bond donors (Lipinski definition) is 1. The maximum Gasteiger partial charge on any atom is 0.326 e. The van der Waals surface area contributed by atoms with Crippen LogP contribution >= 0.6 is 0 Å². The standard InChI is InChI=1S/C14H25NO2/c1-10-7-11(2)9-12(8-10)17-13(16)14(3)5-4-6-15-14/h10-12,15H,4-9H2,1-3H3. The molecule has 1 saturated carbocycles. The fourth-order valence-electron chi connectivity index (χ4n) is 3.32. The molecule has 3 nitrogen and oxygen atoms in total. The molecule has 17 heavy (non-hydrogen) atoms. The third-order valence-corrected chi connectivity index (χ3v) is 4.23. The van der Waals surface area contributed by atoms with Crippen molar-refractivity contribution in [3.63, 3.8) is 0 Å². The topological polar surface area (TPSA) is 38.3 Å². The molecule has 1 aliphatic carbocycles. The van der Waals surface area contributed by atoms with Gasteiger partial charge in [-0.3, -0.25) is 4.79 Å². The quantitative estimate of drug-likeness (QED) is 0.752. The molecule has 2 aliphatic rings. The average Bonchev–Trinajstić information content (AvgIpc) is 2.64. The van der Waals surface area contributed by atoms with Crippen molar-refractivity contribution < 1.29 is 9.53 Å². The lowest BCUT2D eigenvalue weighted by Gasteiger charge is -2.33. The minimum atomic E-state index is -0.427. The first kappa shape index (κ1) is 12.9. The molecule has 1 N–H and O–H groups in total. The van der Waals surface area contributed by atoms with Gasteiger partial charge in [0.05, 0.1) is 0 Å². The third-order valence-electron chi connectivity index (χ3n) is 4.23. The smallest absolute Gasteiger partial charge is 0.326 e. The van der Waals surface area contributed by atoms with E-state index >= 15 is 0 Å². The fourth-order valence-corrected chi connectivity index (χ4v) is 3.32. The lowest BCUT2D eigenvalue weighted by molar-refractivity contribution is -0.158. The van der Waals surface area contributed by atoms with Gasteiger partial charge in [0.25, 0.3) is 0 Å². The highest BCUT2D eigenvalue weighted by atomic mass is 16.5. The monoisotopic (exact) mass is 239 g/mol. The van der Waals surface area contributed by atoms with Gasteiger partial charge in [-0.15, -0.1) is 0 Å². The molecule has 0 radical (unpaired) electrons. The van der Waals surface area contributed by atoms with Gasteiger partial charge < -0.3 is 10.1 Å². The van der Waals surface area contributed by atoms with Gasteiger partial charge in [0.1, 0.15) is 11.6 Å². The molecule has 2 fully saturated rings. The summed E-state index contributed by atoms with van der Waals surface area (Å²) >= 11 is 0. The van der Waals surface area contributed by atoms with E-state index in [2.05, 4.69) is 19.2 Å². The van der Waals surface area contributed by atoms with Gasteiger partial charge >= 0.3 is 5.97 Å². The Labute approximate surface area is 104 Å². The zero-order valence-electron chi connectivity index (χ0n) is 11.3. The lowest BCUT2D eigenvalue weighted by atomic mass is 9.81. The van der Waals surface area contributed by atoms with Crippen LogP contribution in [0.2, 0.25) is 0 Å². The van der Waals surface area contributed by atoms with E-state index in [9.17, 15) is 4.79 Å². The molecule has 0 aromatic rings. The molecular formula is C14H25NO2. The van der Waals surface area contributed by atoms with E-state index < -0.39 is 5.54 Å². The Balaban J connectivity index is 1.89. The van der Waals surface area contributed by atoms with E-state index in [1.807, 2.05) is 6.92 Å². The lowest BCUT2D eigenvalue weighted by Crippen LogP contribution is -2.47. The van der Waals surface area contributed by atoms with Crippen molar-refractivity contribution in [2.24, 2.45) is 11.8 Å². The Morgan fingerprint density at radius 2 is 1.88 bits per heavy atom. The molecule has 3 heteroatoms. The third kappa shape index (κ3) is 3.01.